The second kappa shape index (κ2) is 8.79. The van der Waals surface area contributed by atoms with Crippen molar-refractivity contribution >= 4 is 21.8 Å². The molecule has 0 fully saturated rings. The summed E-state index contributed by atoms with van der Waals surface area (Å²) in [6.07, 6.45) is 0.661. The molecular formula is C19H19BrN4O3. The number of carbonyl (C=O) groups is 1. The van der Waals surface area contributed by atoms with Gasteiger partial charge in [-0.25, -0.2) is 9.67 Å². The number of aliphatic hydroxyl groups is 1. The van der Waals surface area contributed by atoms with Gasteiger partial charge in [-0.15, -0.1) is 5.10 Å². The Morgan fingerprint density at radius 1 is 1.26 bits per heavy atom. The number of methoxy groups -OCH3 is 1. The number of amides is 1. The minimum absolute atomic E-state index is 0.0592. The summed E-state index contributed by atoms with van der Waals surface area (Å²) in [6, 6.07) is 14.8. The van der Waals surface area contributed by atoms with Crippen molar-refractivity contribution in [2.45, 2.75) is 19.2 Å². The summed E-state index contributed by atoms with van der Waals surface area (Å²) in [5, 5.41) is 17.3. The van der Waals surface area contributed by atoms with E-state index in [2.05, 4.69) is 31.3 Å². The summed E-state index contributed by atoms with van der Waals surface area (Å²) >= 11 is 3.44. The molecule has 140 valence electrons. The van der Waals surface area contributed by atoms with Crippen molar-refractivity contribution in [3.8, 4) is 5.75 Å². The topological polar surface area (TPSA) is 89.3 Å². The zero-order valence-corrected chi connectivity index (χ0v) is 16.3. The molecule has 1 amide bonds. The summed E-state index contributed by atoms with van der Waals surface area (Å²) < 4.78 is 7.47. The first-order chi connectivity index (χ1) is 13.1. The Morgan fingerprint density at radius 3 is 2.70 bits per heavy atom. The van der Waals surface area contributed by atoms with Gasteiger partial charge in [0.1, 0.15) is 12.1 Å². The molecular weight excluding hydrogens is 412 g/mol. The van der Waals surface area contributed by atoms with Crippen molar-refractivity contribution in [3.05, 3.63) is 76.3 Å². The average Bonchev–Trinajstić information content (AvgIpc) is 3.15. The van der Waals surface area contributed by atoms with Crippen LogP contribution in [0.4, 0.5) is 0 Å². The molecule has 0 aliphatic carbocycles. The second-order valence-electron chi connectivity index (χ2n) is 5.85. The SMILES string of the molecule is COc1ccc(C(O)Cn2cnc(C(=O)NCc3ccccc3Br)n2)cc1. The molecule has 1 aromatic heterocycles. The molecule has 1 unspecified atom stereocenters. The lowest BCUT2D eigenvalue weighted by molar-refractivity contribution is 0.0938. The number of carbonyl (C=O) groups excluding carboxylic acids is 1. The van der Waals surface area contributed by atoms with Gasteiger partial charge in [0.15, 0.2) is 0 Å². The quantitative estimate of drug-likeness (QED) is 0.601. The van der Waals surface area contributed by atoms with Gasteiger partial charge in [0.2, 0.25) is 5.82 Å². The van der Waals surface area contributed by atoms with Gasteiger partial charge < -0.3 is 15.2 Å². The zero-order chi connectivity index (χ0) is 19.2. The van der Waals surface area contributed by atoms with Crippen LogP contribution in [0.25, 0.3) is 0 Å². The van der Waals surface area contributed by atoms with Crippen LogP contribution in [0.1, 0.15) is 27.8 Å². The molecule has 0 bridgehead atoms. The van der Waals surface area contributed by atoms with E-state index in [9.17, 15) is 9.90 Å². The number of nitrogens with zero attached hydrogens (tertiary/aromatic N) is 3. The Bertz CT molecular complexity index is 911. The number of halogens is 1. The minimum atomic E-state index is -0.770. The molecule has 2 aromatic carbocycles. The fraction of sp³-hybridized carbons (Fsp3) is 0.211. The lowest BCUT2D eigenvalue weighted by Crippen LogP contribution is -2.24. The van der Waals surface area contributed by atoms with E-state index in [1.165, 1.54) is 11.0 Å². The maximum Gasteiger partial charge on any atom is 0.291 e. The Labute approximate surface area is 165 Å². The number of nitrogens with one attached hydrogen (secondary N) is 1. The predicted molar refractivity (Wildman–Crippen MR) is 103 cm³/mol. The molecule has 3 aromatic rings. The number of hydrogen-bond donors (Lipinski definition) is 2. The normalized spacial score (nSPS) is 11.8. The van der Waals surface area contributed by atoms with E-state index in [0.717, 1.165) is 21.3 Å². The highest BCUT2D eigenvalue weighted by Crippen LogP contribution is 2.19. The average molecular weight is 431 g/mol. The maximum atomic E-state index is 12.2. The highest BCUT2D eigenvalue weighted by Gasteiger charge is 2.14. The maximum absolute atomic E-state index is 12.2. The number of aliphatic hydroxyl groups excluding tert-OH is 1. The number of hydrogen-bond acceptors (Lipinski definition) is 5. The molecule has 0 radical (unpaired) electrons. The van der Waals surface area contributed by atoms with E-state index in [-0.39, 0.29) is 18.3 Å². The first-order valence-electron chi connectivity index (χ1n) is 8.30. The Morgan fingerprint density at radius 2 is 2.00 bits per heavy atom. The number of aromatic nitrogens is 3. The van der Waals surface area contributed by atoms with Gasteiger partial charge in [-0.05, 0) is 29.3 Å². The van der Waals surface area contributed by atoms with Crippen LogP contribution in [0.5, 0.6) is 5.75 Å². The van der Waals surface area contributed by atoms with E-state index in [1.54, 1.807) is 31.4 Å². The highest BCUT2D eigenvalue weighted by atomic mass is 79.9. The predicted octanol–water partition coefficient (Wildman–Crippen LogP) is 2.71. The van der Waals surface area contributed by atoms with Crippen molar-refractivity contribution in [2.24, 2.45) is 0 Å². The number of rotatable bonds is 7. The van der Waals surface area contributed by atoms with Crippen LogP contribution in [0.15, 0.2) is 59.3 Å². The third kappa shape index (κ3) is 4.93. The van der Waals surface area contributed by atoms with Gasteiger partial charge >= 0.3 is 0 Å². The Hall–Kier alpha value is -2.71. The number of benzene rings is 2. The Kier molecular flexibility index (Phi) is 6.20. The molecule has 3 rings (SSSR count). The van der Waals surface area contributed by atoms with Crippen LogP contribution >= 0.6 is 15.9 Å². The van der Waals surface area contributed by atoms with E-state index in [1.807, 2.05) is 24.3 Å². The fourth-order valence-corrected chi connectivity index (χ4v) is 2.92. The lowest BCUT2D eigenvalue weighted by Gasteiger charge is -2.11. The van der Waals surface area contributed by atoms with Crippen LogP contribution in [0.2, 0.25) is 0 Å². The lowest BCUT2D eigenvalue weighted by atomic mass is 10.1. The molecule has 27 heavy (non-hydrogen) atoms. The molecule has 8 heteroatoms. The molecule has 0 spiro atoms. The van der Waals surface area contributed by atoms with Crippen molar-refractivity contribution in [3.63, 3.8) is 0 Å². The van der Waals surface area contributed by atoms with Gasteiger partial charge in [-0.2, -0.15) is 0 Å². The molecule has 0 aliphatic heterocycles. The van der Waals surface area contributed by atoms with Crippen molar-refractivity contribution in [2.75, 3.05) is 7.11 Å². The number of ether oxygens (including phenoxy) is 1. The highest BCUT2D eigenvalue weighted by molar-refractivity contribution is 9.10. The summed E-state index contributed by atoms with van der Waals surface area (Å²) in [6.45, 7) is 0.556. The van der Waals surface area contributed by atoms with Crippen LogP contribution in [0, 0.1) is 0 Å². The third-order valence-electron chi connectivity index (χ3n) is 4.00. The first kappa shape index (κ1) is 19.1. The van der Waals surface area contributed by atoms with Gasteiger partial charge in [0.25, 0.3) is 5.91 Å². The molecule has 7 nitrogen and oxygen atoms in total. The molecule has 0 aliphatic rings. The van der Waals surface area contributed by atoms with Gasteiger partial charge in [-0.3, -0.25) is 4.79 Å². The molecule has 0 saturated heterocycles. The van der Waals surface area contributed by atoms with Gasteiger partial charge in [-0.1, -0.05) is 46.3 Å². The van der Waals surface area contributed by atoms with Crippen molar-refractivity contribution in [1.82, 2.24) is 20.1 Å². The van der Waals surface area contributed by atoms with Gasteiger partial charge in [0.05, 0.1) is 19.8 Å². The summed E-state index contributed by atoms with van der Waals surface area (Å²) in [5.74, 6) is 0.406. The van der Waals surface area contributed by atoms with Crippen LogP contribution < -0.4 is 10.1 Å². The fourth-order valence-electron chi connectivity index (χ4n) is 2.49. The summed E-state index contributed by atoms with van der Waals surface area (Å²) in [7, 11) is 1.59. The smallest absolute Gasteiger partial charge is 0.291 e. The van der Waals surface area contributed by atoms with E-state index < -0.39 is 6.10 Å². The minimum Gasteiger partial charge on any atom is -0.497 e. The van der Waals surface area contributed by atoms with Crippen LogP contribution in [-0.2, 0) is 13.1 Å². The monoisotopic (exact) mass is 430 g/mol. The zero-order valence-electron chi connectivity index (χ0n) is 14.7. The molecule has 2 N–H and O–H groups in total. The second-order valence-corrected chi connectivity index (χ2v) is 6.71. The van der Waals surface area contributed by atoms with Crippen LogP contribution in [-0.4, -0.2) is 32.9 Å². The summed E-state index contributed by atoms with van der Waals surface area (Å²) in [4.78, 5) is 16.2. The van der Waals surface area contributed by atoms with Crippen molar-refractivity contribution in [1.29, 1.82) is 0 Å². The Balaban J connectivity index is 1.58. The van der Waals surface area contributed by atoms with Gasteiger partial charge in [0, 0.05) is 11.0 Å². The third-order valence-corrected chi connectivity index (χ3v) is 4.77. The molecule has 1 atom stereocenters. The van der Waals surface area contributed by atoms with Crippen molar-refractivity contribution < 1.29 is 14.6 Å². The molecule has 1 heterocycles. The van der Waals surface area contributed by atoms with E-state index in [0.29, 0.717) is 6.54 Å². The van der Waals surface area contributed by atoms with E-state index in [4.69, 9.17) is 4.74 Å². The first-order valence-corrected chi connectivity index (χ1v) is 9.09. The standard InChI is InChI=1S/C19H19BrN4O3/c1-27-15-8-6-13(7-9-15)17(25)11-24-12-22-18(23-24)19(26)21-10-14-4-2-3-5-16(14)20/h2-9,12,17,25H,10-11H2,1H3,(H,21,26). The largest absolute Gasteiger partial charge is 0.497 e. The van der Waals surface area contributed by atoms with E-state index >= 15 is 0 Å². The van der Waals surface area contributed by atoms with Crippen LogP contribution in [0.3, 0.4) is 0 Å². The summed E-state index contributed by atoms with van der Waals surface area (Å²) in [5.41, 5.74) is 1.69. The molecule has 0 saturated carbocycles.